The maximum absolute atomic E-state index is 12.7. The van der Waals surface area contributed by atoms with Crippen molar-refractivity contribution in [2.75, 3.05) is 6.61 Å². The minimum Gasteiger partial charge on any atom is -0.449 e. The van der Waals surface area contributed by atoms with E-state index in [1.54, 1.807) is 6.42 Å². The first kappa shape index (κ1) is 10.8. The molecule has 1 rings (SSSR count). The molecule has 0 fully saturated rings. The van der Waals surface area contributed by atoms with Crippen LogP contribution in [-0.2, 0) is 4.74 Å². The molecule has 0 saturated heterocycles. The Labute approximate surface area is 85.6 Å². The summed E-state index contributed by atoms with van der Waals surface area (Å²) in [6, 6.07) is 4.19. The number of ether oxygens (including phenoxy) is 1. The monoisotopic (exact) mass is 216 g/mol. The van der Waals surface area contributed by atoms with Crippen molar-refractivity contribution in [1.29, 1.82) is 0 Å². The van der Waals surface area contributed by atoms with Gasteiger partial charge in [0.25, 0.3) is 0 Å². The van der Waals surface area contributed by atoms with Crippen molar-refractivity contribution in [3.05, 3.63) is 41.0 Å². The Bertz CT molecular complexity index is 344. The number of primary amides is 1. The fourth-order valence-corrected chi connectivity index (χ4v) is 1.05. The zero-order chi connectivity index (χ0) is 10.6. The van der Waals surface area contributed by atoms with Crippen LogP contribution in [0.5, 0.6) is 0 Å². The van der Waals surface area contributed by atoms with Crippen LogP contribution in [0, 0.1) is 12.2 Å². The van der Waals surface area contributed by atoms with E-state index in [1.165, 1.54) is 18.2 Å². The lowest BCUT2D eigenvalue weighted by molar-refractivity contribution is 0.166. The molecule has 0 saturated carbocycles. The molecule has 0 aliphatic heterocycles. The number of nitrogens with two attached hydrogens (primary N) is 1. The summed E-state index contributed by atoms with van der Waals surface area (Å²) >= 11 is 5.53. The number of rotatable bonds is 3. The average Bonchev–Trinajstić information content (AvgIpc) is 2.10. The van der Waals surface area contributed by atoms with E-state index in [2.05, 4.69) is 4.74 Å². The summed E-state index contributed by atoms with van der Waals surface area (Å²) in [5.41, 5.74) is 5.41. The number of carbonyl (C=O) groups excluding carboxylic acids is 1. The third-order valence-corrected chi connectivity index (χ3v) is 1.78. The minimum absolute atomic E-state index is 0.0258. The molecule has 0 heterocycles. The molecule has 5 heteroatoms. The first-order chi connectivity index (χ1) is 6.59. The first-order valence-electron chi connectivity index (χ1n) is 3.80. The van der Waals surface area contributed by atoms with Crippen LogP contribution in [-0.4, -0.2) is 12.7 Å². The Morgan fingerprint density at radius 1 is 1.64 bits per heavy atom. The normalized spacial score (nSPS) is 9.86. The van der Waals surface area contributed by atoms with Gasteiger partial charge in [0, 0.05) is 6.42 Å². The third-order valence-electron chi connectivity index (χ3n) is 1.49. The molecular formula is C9H8ClFNO2. The van der Waals surface area contributed by atoms with Crippen molar-refractivity contribution >= 4 is 17.7 Å². The number of amides is 1. The molecule has 0 spiro atoms. The second-order valence-electron chi connectivity index (χ2n) is 2.51. The Hall–Kier alpha value is -1.29. The Morgan fingerprint density at radius 3 is 2.93 bits per heavy atom. The highest BCUT2D eigenvalue weighted by Crippen LogP contribution is 2.16. The van der Waals surface area contributed by atoms with Crippen molar-refractivity contribution in [2.24, 2.45) is 5.73 Å². The van der Waals surface area contributed by atoms with Gasteiger partial charge in [-0.05, 0) is 17.7 Å². The number of benzene rings is 1. The molecule has 1 aromatic carbocycles. The molecule has 0 aliphatic carbocycles. The predicted molar refractivity (Wildman–Crippen MR) is 50.3 cm³/mol. The van der Waals surface area contributed by atoms with Crippen molar-refractivity contribution in [3.63, 3.8) is 0 Å². The van der Waals surface area contributed by atoms with Crippen LogP contribution >= 0.6 is 11.6 Å². The van der Waals surface area contributed by atoms with Gasteiger partial charge in [-0.2, -0.15) is 0 Å². The van der Waals surface area contributed by atoms with Gasteiger partial charge in [0.2, 0.25) is 0 Å². The SMILES string of the molecule is NC(=O)OC[CH]c1ccc(F)c(Cl)c1. The number of hydrogen-bond donors (Lipinski definition) is 1. The summed E-state index contributed by atoms with van der Waals surface area (Å²) in [6.07, 6.45) is 0.713. The van der Waals surface area contributed by atoms with Crippen LogP contribution in [0.2, 0.25) is 5.02 Å². The van der Waals surface area contributed by atoms with E-state index in [4.69, 9.17) is 17.3 Å². The molecule has 0 aliphatic rings. The summed E-state index contributed by atoms with van der Waals surface area (Å²) in [4.78, 5) is 10.2. The molecule has 0 unspecified atom stereocenters. The Balaban J connectivity index is 2.51. The average molecular weight is 217 g/mol. The second kappa shape index (κ2) is 4.81. The van der Waals surface area contributed by atoms with E-state index in [0.29, 0.717) is 5.56 Å². The van der Waals surface area contributed by atoms with Crippen molar-refractivity contribution in [2.45, 2.75) is 0 Å². The van der Waals surface area contributed by atoms with E-state index in [-0.39, 0.29) is 11.6 Å². The maximum atomic E-state index is 12.7. The van der Waals surface area contributed by atoms with Gasteiger partial charge in [-0.25, -0.2) is 9.18 Å². The number of halogens is 2. The highest BCUT2D eigenvalue weighted by Gasteiger charge is 2.01. The fraction of sp³-hybridized carbons (Fsp3) is 0.111. The van der Waals surface area contributed by atoms with E-state index < -0.39 is 11.9 Å². The van der Waals surface area contributed by atoms with Gasteiger partial charge in [-0.1, -0.05) is 17.7 Å². The standard InChI is InChI=1S/C9H8ClFNO2/c10-7-5-6(1-2-8(7)11)3-4-14-9(12)13/h1-3,5H,4H2,(H2,12,13). The highest BCUT2D eigenvalue weighted by atomic mass is 35.5. The van der Waals surface area contributed by atoms with Crippen LogP contribution in [0.1, 0.15) is 5.56 Å². The summed E-state index contributed by atoms with van der Waals surface area (Å²) in [6.45, 7) is 0.0390. The van der Waals surface area contributed by atoms with Crippen LogP contribution in [0.15, 0.2) is 18.2 Å². The molecule has 0 bridgehead atoms. The molecular weight excluding hydrogens is 209 g/mol. The molecule has 2 N–H and O–H groups in total. The highest BCUT2D eigenvalue weighted by molar-refractivity contribution is 6.30. The van der Waals surface area contributed by atoms with Gasteiger partial charge in [0.05, 0.1) is 5.02 Å². The Morgan fingerprint density at radius 2 is 2.36 bits per heavy atom. The maximum Gasteiger partial charge on any atom is 0.404 e. The lowest BCUT2D eigenvalue weighted by Gasteiger charge is -2.02. The number of hydrogen-bond acceptors (Lipinski definition) is 2. The third kappa shape index (κ3) is 3.22. The van der Waals surface area contributed by atoms with E-state index in [0.717, 1.165) is 0 Å². The largest absolute Gasteiger partial charge is 0.449 e. The summed E-state index contributed by atoms with van der Waals surface area (Å²) < 4.78 is 17.2. The van der Waals surface area contributed by atoms with Gasteiger partial charge in [0.1, 0.15) is 12.4 Å². The molecule has 1 aromatic rings. The minimum atomic E-state index is -0.852. The van der Waals surface area contributed by atoms with Gasteiger partial charge in [-0.15, -0.1) is 0 Å². The molecule has 1 amide bonds. The molecule has 1 radical (unpaired) electrons. The Kier molecular flexibility index (Phi) is 3.71. The second-order valence-corrected chi connectivity index (χ2v) is 2.91. The predicted octanol–water partition coefficient (Wildman–Crippen LogP) is 2.13. The first-order valence-corrected chi connectivity index (χ1v) is 4.18. The molecule has 75 valence electrons. The van der Waals surface area contributed by atoms with Crippen LogP contribution < -0.4 is 5.73 Å². The van der Waals surface area contributed by atoms with E-state index >= 15 is 0 Å². The van der Waals surface area contributed by atoms with Crippen LogP contribution in [0.4, 0.5) is 9.18 Å². The zero-order valence-electron chi connectivity index (χ0n) is 7.17. The van der Waals surface area contributed by atoms with E-state index in [9.17, 15) is 9.18 Å². The topological polar surface area (TPSA) is 52.3 Å². The van der Waals surface area contributed by atoms with Crippen LogP contribution in [0.3, 0.4) is 0 Å². The van der Waals surface area contributed by atoms with Crippen molar-refractivity contribution in [3.8, 4) is 0 Å². The number of carbonyl (C=O) groups is 1. The molecule has 0 aromatic heterocycles. The van der Waals surface area contributed by atoms with Gasteiger partial charge in [-0.3, -0.25) is 0 Å². The molecule has 0 atom stereocenters. The van der Waals surface area contributed by atoms with Gasteiger partial charge < -0.3 is 10.5 Å². The molecule has 3 nitrogen and oxygen atoms in total. The zero-order valence-corrected chi connectivity index (χ0v) is 7.92. The fourth-order valence-electron chi connectivity index (χ4n) is 0.859. The summed E-state index contributed by atoms with van der Waals surface area (Å²) in [7, 11) is 0. The smallest absolute Gasteiger partial charge is 0.404 e. The summed E-state index contributed by atoms with van der Waals surface area (Å²) in [5, 5.41) is 0.0258. The van der Waals surface area contributed by atoms with E-state index in [1.807, 2.05) is 0 Å². The van der Waals surface area contributed by atoms with Crippen LogP contribution in [0.25, 0.3) is 0 Å². The molecule has 14 heavy (non-hydrogen) atoms. The van der Waals surface area contributed by atoms with Gasteiger partial charge in [0.15, 0.2) is 0 Å². The van der Waals surface area contributed by atoms with Gasteiger partial charge >= 0.3 is 6.09 Å². The quantitative estimate of drug-likeness (QED) is 0.842. The lowest BCUT2D eigenvalue weighted by Crippen LogP contribution is -2.14. The van der Waals surface area contributed by atoms with Crippen molar-refractivity contribution in [1.82, 2.24) is 0 Å². The van der Waals surface area contributed by atoms with Crippen molar-refractivity contribution < 1.29 is 13.9 Å². The summed E-state index contributed by atoms with van der Waals surface area (Å²) in [5.74, 6) is -0.486. The lowest BCUT2D eigenvalue weighted by atomic mass is 10.1.